The largest absolute Gasteiger partial charge is 0.355 e. The molecule has 0 unspecified atom stereocenters. The third-order valence-electron chi connectivity index (χ3n) is 5.38. The van der Waals surface area contributed by atoms with Crippen molar-refractivity contribution >= 4 is 17.4 Å². The van der Waals surface area contributed by atoms with Crippen LogP contribution in [0.4, 0.5) is 11.5 Å². The van der Waals surface area contributed by atoms with Crippen LogP contribution in [0, 0.1) is 11.8 Å². The van der Waals surface area contributed by atoms with Gasteiger partial charge in [0.15, 0.2) is 0 Å². The van der Waals surface area contributed by atoms with Crippen LogP contribution in [0.15, 0.2) is 36.7 Å². The van der Waals surface area contributed by atoms with E-state index in [-0.39, 0.29) is 5.91 Å². The van der Waals surface area contributed by atoms with Crippen LogP contribution < -0.4 is 15.5 Å². The van der Waals surface area contributed by atoms with Gasteiger partial charge in [0.05, 0.1) is 12.4 Å². The minimum atomic E-state index is -0.221. The molecule has 2 N–H and O–H groups in total. The molecule has 0 bridgehead atoms. The first-order valence-corrected chi connectivity index (χ1v) is 9.29. The fourth-order valence-corrected chi connectivity index (χ4v) is 3.83. The maximum Gasteiger partial charge on any atom is 0.275 e. The number of carbonyl (C=O) groups is 1. The van der Waals surface area contributed by atoms with Gasteiger partial charge < -0.3 is 15.5 Å². The zero-order valence-corrected chi connectivity index (χ0v) is 15.3. The van der Waals surface area contributed by atoms with Crippen LogP contribution in [0.1, 0.15) is 35.8 Å². The smallest absolute Gasteiger partial charge is 0.275 e. The van der Waals surface area contributed by atoms with Gasteiger partial charge in [0.25, 0.3) is 5.91 Å². The van der Waals surface area contributed by atoms with E-state index >= 15 is 0 Å². The molecular formula is C20H25N5O. The first-order valence-electron chi connectivity index (χ1n) is 9.29. The Bertz CT molecular complexity index is 794. The number of nitrogens with zero attached hydrogens (tertiary/aromatic N) is 3. The fourth-order valence-electron chi connectivity index (χ4n) is 3.83. The number of benzene rings is 1. The molecule has 0 saturated carbocycles. The van der Waals surface area contributed by atoms with Gasteiger partial charge in [0.2, 0.25) is 0 Å². The number of rotatable bonds is 4. The topological polar surface area (TPSA) is 70.2 Å². The summed E-state index contributed by atoms with van der Waals surface area (Å²) >= 11 is 0. The van der Waals surface area contributed by atoms with E-state index in [1.165, 1.54) is 11.8 Å². The van der Waals surface area contributed by atoms with E-state index in [4.69, 9.17) is 0 Å². The van der Waals surface area contributed by atoms with Crippen LogP contribution in [0.5, 0.6) is 0 Å². The number of aromatic nitrogens is 2. The van der Waals surface area contributed by atoms with Crippen LogP contribution in [0.3, 0.4) is 0 Å². The Labute approximate surface area is 154 Å². The molecule has 2 saturated heterocycles. The highest BCUT2D eigenvalue weighted by atomic mass is 16.1. The standard InChI is InChI=1S/C20H25N5O/c1-13(2)14-4-3-5-17(6-14)23-20(26)18-9-22-10-19(24-18)25-11-15-7-21-8-16(15)12-25/h3-6,9-10,13,15-16,21H,7-8,11-12H2,1-2H3,(H,23,26)/t15-,16+. The average molecular weight is 351 g/mol. The number of carbonyl (C=O) groups excluding carboxylic acids is 1. The third-order valence-corrected chi connectivity index (χ3v) is 5.38. The Morgan fingerprint density at radius 2 is 2.00 bits per heavy atom. The quantitative estimate of drug-likeness (QED) is 0.886. The number of fused-ring (bicyclic) bond motifs is 1. The van der Waals surface area contributed by atoms with Crippen molar-refractivity contribution < 1.29 is 4.79 Å². The molecule has 0 aliphatic carbocycles. The van der Waals surface area contributed by atoms with Crippen molar-refractivity contribution in [2.75, 3.05) is 36.4 Å². The lowest BCUT2D eigenvalue weighted by Crippen LogP contribution is -2.27. The number of anilines is 2. The summed E-state index contributed by atoms with van der Waals surface area (Å²) < 4.78 is 0. The third kappa shape index (κ3) is 3.42. The second-order valence-electron chi connectivity index (χ2n) is 7.58. The summed E-state index contributed by atoms with van der Waals surface area (Å²) in [6.45, 7) is 8.37. The molecular weight excluding hydrogens is 326 g/mol. The van der Waals surface area contributed by atoms with E-state index in [2.05, 4.69) is 45.4 Å². The summed E-state index contributed by atoms with van der Waals surface area (Å²) in [4.78, 5) is 23.7. The van der Waals surface area contributed by atoms with Gasteiger partial charge >= 0.3 is 0 Å². The second-order valence-corrected chi connectivity index (χ2v) is 7.58. The normalized spacial score (nSPS) is 21.9. The van der Waals surface area contributed by atoms with E-state index in [0.29, 0.717) is 23.4 Å². The molecule has 2 atom stereocenters. The molecule has 6 heteroatoms. The molecule has 2 aliphatic rings. The van der Waals surface area contributed by atoms with Gasteiger partial charge in [-0.25, -0.2) is 4.98 Å². The number of hydrogen-bond donors (Lipinski definition) is 2. The summed E-state index contributed by atoms with van der Waals surface area (Å²) in [6, 6.07) is 7.94. The van der Waals surface area contributed by atoms with E-state index < -0.39 is 0 Å². The number of nitrogens with one attached hydrogen (secondary N) is 2. The Hall–Kier alpha value is -2.47. The summed E-state index contributed by atoms with van der Waals surface area (Å²) in [6.07, 6.45) is 3.29. The molecule has 3 heterocycles. The van der Waals surface area contributed by atoms with Gasteiger partial charge in [-0.05, 0) is 35.4 Å². The lowest BCUT2D eigenvalue weighted by atomic mass is 10.0. The van der Waals surface area contributed by atoms with Crippen LogP contribution in [-0.4, -0.2) is 42.1 Å². The predicted molar refractivity (Wildman–Crippen MR) is 103 cm³/mol. The molecule has 2 fully saturated rings. The van der Waals surface area contributed by atoms with Gasteiger partial charge in [-0.2, -0.15) is 0 Å². The zero-order valence-electron chi connectivity index (χ0n) is 15.3. The van der Waals surface area contributed by atoms with Crippen LogP contribution >= 0.6 is 0 Å². The Morgan fingerprint density at radius 3 is 2.73 bits per heavy atom. The summed E-state index contributed by atoms with van der Waals surface area (Å²) in [5.74, 6) is 2.34. The van der Waals surface area contributed by atoms with Crippen molar-refractivity contribution in [2.24, 2.45) is 11.8 Å². The molecule has 1 aromatic carbocycles. The SMILES string of the molecule is CC(C)c1cccc(NC(=O)c2cncc(N3C[C@H]4CNC[C@H]4C3)n2)c1. The van der Waals surface area contributed by atoms with E-state index in [1.807, 2.05) is 18.2 Å². The highest BCUT2D eigenvalue weighted by molar-refractivity contribution is 6.02. The highest BCUT2D eigenvalue weighted by Gasteiger charge is 2.36. The van der Waals surface area contributed by atoms with Crippen molar-refractivity contribution in [2.45, 2.75) is 19.8 Å². The van der Waals surface area contributed by atoms with E-state index in [0.717, 1.165) is 37.7 Å². The van der Waals surface area contributed by atoms with Gasteiger partial charge in [-0.3, -0.25) is 9.78 Å². The van der Waals surface area contributed by atoms with Gasteiger partial charge in [0, 0.05) is 31.9 Å². The molecule has 0 spiro atoms. The number of hydrogen-bond acceptors (Lipinski definition) is 5. The molecule has 4 rings (SSSR count). The van der Waals surface area contributed by atoms with Crippen molar-refractivity contribution in [3.63, 3.8) is 0 Å². The summed E-state index contributed by atoms with van der Waals surface area (Å²) in [5, 5.41) is 6.38. The maximum absolute atomic E-state index is 12.6. The molecule has 2 aliphatic heterocycles. The average Bonchev–Trinajstić information content (AvgIpc) is 3.24. The predicted octanol–water partition coefficient (Wildman–Crippen LogP) is 2.51. The highest BCUT2D eigenvalue weighted by Crippen LogP contribution is 2.29. The monoisotopic (exact) mass is 351 g/mol. The van der Waals surface area contributed by atoms with Crippen molar-refractivity contribution in [3.05, 3.63) is 47.9 Å². The van der Waals surface area contributed by atoms with Crippen molar-refractivity contribution in [3.8, 4) is 0 Å². The van der Waals surface area contributed by atoms with E-state index in [9.17, 15) is 4.79 Å². The second kappa shape index (κ2) is 7.03. The maximum atomic E-state index is 12.6. The van der Waals surface area contributed by atoms with Crippen LogP contribution in [-0.2, 0) is 0 Å². The molecule has 1 aromatic heterocycles. The minimum absolute atomic E-state index is 0.221. The molecule has 1 amide bonds. The first-order chi connectivity index (χ1) is 12.6. The van der Waals surface area contributed by atoms with Crippen molar-refractivity contribution in [1.29, 1.82) is 0 Å². The summed E-state index contributed by atoms with van der Waals surface area (Å²) in [7, 11) is 0. The van der Waals surface area contributed by atoms with Gasteiger partial charge in [-0.1, -0.05) is 26.0 Å². The molecule has 0 radical (unpaired) electrons. The Balaban J connectivity index is 1.48. The van der Waals surface area contributed by atoms with Gasteiger partial charge in [0.1, 0.15) is 11.5 Å². The Kier molecular flexibility index (Phi) is 4.59. The lowest BCUT2D eigenvalue weighted by Gasteiger charge is -2.18. The molecule has 26 heavy (non-hydrogen) atoms. The fraction of sp³-hybridized carbons (Fsp3) is 0.450. The van der Waals surface area contributed by atoms with Gasteiger partial charge in [-0.15, -0.1) is 0 Å². The minimum Gasteiger partial charge on any atom is -0.355 e. The lowest BCUT2D eigenvalue weighted by molar-refractivity contribution is 0.102. The molecule has 6 nitrogen and oxygen atoms in total. The van der Waals surface area contributed by atoms with Crippen LogP contribution in [0.25, 0.3) is 0 Å². The molecule has 136 valence electrons. The summed E-state index contributed by atoms with van der Waals surface area (Å²) in [5.41, 5.74) is 2.34. The van der Waals surface area contributed by atoms with Crippen LogP contribution in [0.2, 0.25) is 0 Å². The van der Waals surface area contributed by atoms with E-state index in [1.54, 1.807) is 6.20 Å². The molecule has 2 aromatic rings. The number of amides is 1. The Morgan fingerprint density at radius 1 is 1.23 bits per heavy atom. The zero-order chi connectivity index (χ0) is 18.1. The first kappa shape index (κ1) is 17.0. The van der Waals surface area contributed by atoms with Crippen molar-refractivity contribution in [1.82, 2.24) is 15.3 Å².